The van der Waals surface area contributed by atoms with Crippen molar-refractivity contribution in [2.75, 3.05) is 12.0 Å². The van der Waals surface area contributed by atoms with Crippen molar-refractivity contribution < 1.29 is 4.74 Å². The molecule has 2 aromatic carbocycles. The van der Waals surface area contributed by atoms with Gasteiger partial charge in [-0.25, -0.2) is 0 Å². The van der Waals surface area contributed by atoms with Crippen LogP contribution < -0.4 is 15.0 Å². The summed E-state index contributed by atoms with van der Waals surface area (Å²) in [6.07, 6.45) is 1.84. The van der Waals surface area contributed by atoms with Gasteiger partial charge in [0.1, 0.15) is 5.75 Å². The highest BCUT2D eigenvalue weighted by molar-refractivity contribution is 7.80. The van der Waals surface area contributed by atoms with E-state index in [1.165, 1.54) is 22.5 Å². The number of rotatable bonds is 6. The normalized spacial score (nSPS) is 17.6. The molecule has 6 heteroatoms. The van der Waals surface area contributed by atoms with Crippen molar-refractivity contribution in [3.63, 3.8) is 0 Å². The molecule has 1 fully saturated rings. The second-order valence-corrected chi connectivity index (χ2v) is 8.98. The highest BCUT2D eigenvalue weighted by Crippen LogP contribution is 2.43. The van der Waals surface area contributed by atoms with E-state index in [0.717, 1.165) is 23.7 Å². The van der Waals surface area contributed by atoms with Crippen molar-refractivity contribution in [1.29, 1.82) is 0 Å². The van der Waals surface area contributed by atoms with Crippen LogP contribution in [0.2, 0.25) is 0 Å². The van der Waals surface area contributed by atoms with E-state index in [0.29, 0.717) is 5.11 Å². The third-order valence-corrected chi connectivity index (χ3v) is 6.88. The number of thiocarbonyl (C=S) groups is 1. The number of benzene rings is 2. The maximum absolute atomic E-state index is 5.87. The fourth-order valence-electron chi connectivity index (χ4n) is 4.83. The molecule has 2 aromatic heterocycles. The average molecular weight is 469 g/mol. The highest BCUT2D eigenvalue weighted by atomic mass is 32.1. The zero-order chi connectivity index (χ0) is 23.7. The summed E-state index contributed by atoms with van der Waals surface area (Å²) in [5.74, 6) is 0.820. The molecule has 1 N–H and O–H groups in total. The average Bonchev–Trinajstić information content (AvgIpc) is 3.36. The van der Waals surface area contributed by atoms with Gasteiger partial charge in [-0.3, -0.25) is 4.98 Å². The minimum absolute atomic E-state index is 0.0356. The first-order chi connectivity index (χ1) is 16.6. The predicted molar refractivity (Wildman–Crippen MR) is 140 cm³/mol. The molecular formula is C28H28N4OS. The first-order valence-electron chi connectivity index (χ1n) is 11.4. The van der Waals surface area contributed by atoms with Gasteiger partial charge in [-0.2, -0.15) is 0 Å². The van der Waals surface area contributed by atoms with Crippen LogP contribution in [-0.2, 0) is 6.54 Å². The summed E-state index contributed by atoms with van der Waals surface area (Å²) in [6.45, 7) is 5.21. The Morgan fingerprint density at radius 2 is 1.71 bits per heavy atom. The van der Waals surface area contributed by atoms with E-state index in [1.54, 1.807) is 7.11 Å². The van der Waals surface area contributed by atoms with Crippen molar-refractivity contribution in [3.8, 4) is 5.75 Å². The molecule has 34 heavy (non-hydrogen) atoms. The molecule has 172 valence electrons. The van der Waals surface area contributed by atoms with E-state index < -0.39 is 0 Å². The molecule has 1 aliphatic rings. The highest BCUT2D eigenvalue weighted by Gasteiger charge is 2.42. The lowest BCUT2D eigenvalue weighted by Gasteiger charge is -2.28. The molecule has 0 unspecified atom stereocenters. The molecule has 3 heterocycles. The second-order valence-electron chi connectivity index (χ2n) is 8.59. The first kappa shape index (κ1) is 22.2. The monoisotopic (exact) mass is 468 g/mol. The van der Waals surface area contributed by atoms with Gasteiger partial charge >= 0.3 is 0 Å². The van der Waals surface area contributed by atoms with Gasteiger partial charge < -0.3 is 19.5 Å². The summed E-state index contributed by atoms with van der Waals surface area (Å²) in [4.78, 5) is 6.89. The van der Waals surface area contributed by atoms with Crippen molar-refractivity contribution >= 4 is 23.0 Å². The Morgan fingerprint density at radius 3 is 2.38 bits per heavy atom. The summed E-state index contributed by atoms with van der Waals surface area (Å²) >= 11 is 5.87. The summed E-state index contributed by atoms with van der Waals surface area (Å²) in [6, 6.07) is 26.9. The van der Waals surface area contributed by atoms with Crippen molar-refractivity contribution in [3.05, 3.63) is 113 Å². The lowest BCUT2D eigenvalue weighted by molar-refractivity contribution is 0.415. The predicted octanol–water partition coefficient (Wildman–Crippen LogP) is 5.73. The number of ether oxygens (including phenoxy) is 1. The first-order valence-corrected chi connectivity index (χ1v) is 11.8. The second kappa shape index (κ2) is 9.31. The number of anilines is 1. The van der Waals surface area contributed by atoms with E-state index >= 15 is 0 Å². The van der Waals surface area contributed by atoms with Gasteiger partial charge in [-0.05, 0) is 79.7 Å². The topological polar surface area (TPSA) is 42.3 Å². The molecule has 0 spiro atoms. The van der Waals surface area contributed by atoms with Crippen LogP contribution in [0.15, 0.2) is 85.1 Å². The van der Waals surface area contributed by atoms with Crippen LogP contribution in [0.5, 0.6) is 5.75 Å². The number of pyridine rings is 1. The minimum atomic E-state index is -0.0681. The van der Waals surface area contributed by atoms with Gasteiger partial charge in [0.2, 0.25) is 0 Å². The fourth-order valence-corrected chi connectivity index (χ4v) is 5.17. The maximum Gasteiger partial charge on any atom is 0.174 e. The Kier molecular flexibility index (Phi) is 6.07. The van der Waals surface area contributed by atoms with E-state index in [1.807, 2.05) is 30.5 Å². The number of aromatic nitrogens is 2. The Balaban J connectivity index is 1.61. The van der Waals surface area contributed by atoms with Crippen LogP contribution in [0.25, 0.3) is 0 Å². The summed E-state index contributed by atoms with van der Waals surface area (Å²) in [7, 11) is 1.68. The van der Waals surface area contributed by atoms with Crippen molar-refractivity contribution in [2.45, 2.75) is 32.5 Å². The quantitative estimate of drug-likeness (QED) is 0.366. The molecule has 4 aromatic rings. The molecule has 1 saturated heterocycles. The van der Waals surface area contributed by atoms with Gasteiger partial charge in [0.25, 0.3) is 0 Å². The van der Waals surface area contributed by atoms with Crippen LogP contribution in [0.3, 0.4) is 0 Å². The van der Waals surface area contributed by atoms with E-state index in [2.05, 4.69) is 88.2 Å². The zero-order valence-electron chi connectivity index (χ0n) is 19.6. The van der Waals surface area contributed by atoms with Gasteiger partial charge in [0, 0.05) is 29.8 Å². The third kappa shape index (κ3) is 4.05. The summed E-state index contributed by atoms with van der Waals surface area (Å²) < 4.78 is 7.76. The molecule has 2 atom stereocenters. The molecule has 0 radical (unpaired) electrons. The Bertz CT molecular complexity index is 1290. The van der Waals surface area contributed by atoms with Gasteiger partial charge in [-0.1, -0.05) is 36.4 Å². The van der Waals surface area contributed by atoms with Crippen molar-refractivity contribution in [1.82, 2.24) is 14.9 Å². The van der Waals surface area contributed by atoms with Crippen LogP contribution >= 0.6 is 12.2 Å². The van der Waals surface area contributed by atoms with E-state index in [-0.39, 0.29) is 12.1 Å². The van der Waals surface area contributed by atoms with Gasteiger partial charge in [0.15, 0.2) is 5.11 Å². The Hall–Kier alpha value is -3.64. The number of nitrogens with one attached hydrogen (secondary N) is 1. The molecule has 0 aliphatic carbocycles. The number of nitrogens with zero attached hydrogens (tertiary/aromatic N) is 3. The standard InChI is InChI=1S/C28H28N4OS/c1-19-17-24(20(2)31(19)18-21-9-5-4-6-10-21)27-26(25-11-7-8-16-29-25)30-28(34)32(27)22-12-14-23(33-3)15-13-22/h4-17,26-27H,18H2,1-3H3,(H,30,34)/t26-,27+/m0/s1. The molecule has 5 rings (SSSR count). The van der Waals surface area contributed by atoms with Crippen LogP contribution in [-0.4, -0.2) is 21.8 Å². The largest absolute Gasteiger partial charge is 0.497 e. The summed E-state index contributed by atoms with van der Waals surface area (Å²) in [5, 5.41) is 4.25. The van der Waals surface area contributed by atoms with Crippen molar-refractivity contribution in [2.24, 2.45) is 0 Å². The molecule has 1 aliphatic heterocycles. The maximum atomic E-state index is 5.87. The zero-order valence-corrected chi connectivity index (χ0v) is 20.4. The molecular weight excluding hydrogens is 440 g/mol. The van der Waals surface area contributed by atoms with Crippen LogP contribution in [0, 0.1) is 13.8 Å². The molecule has 0 saturated carbocycles. The Labute approximate surface area is 206 Å². The Morgan fingerprint density at radius 1 is 0.971 bits per heavy atom. The van der Waals surface area contributed by atoms with E-state index in [9.17, 15) is 0 Å². The smallest absolute Gasteiger partial charge is 0.174 e. The molecule has 0 bridgehead atoms. The summed E-state index contributed by atoms with van der Waals surface area (Å²) in [5.41, 5.74) is 6.98. The third-order valence-electron chi connectivity index (χ3n) is 6.56. The number of hydrogen-bond donors (Lipinski definition) is 1. The lowest BCUT2D eigenvalue weighted by atomic mass is 9.96. The van der Waals surface area contributed by atoms with Gasteiger partial charge in [0.05, 0.1) is 24.9 Å². The van der Waals surface area contributed by atoms with Crippen LogP contribution in [0.1, 0.15) is 40.3 Å². The lowest BCUT2D eigenvalue weighted by Crippen LogP contribution is -2.29. The fraction of sp³-hybridized carbons (Fsp3) is 0.214. The van der Waals surface area contributed by atoms with Gasteiger partial charge in [-0.15, -0.1) is 0 Å². The molecule has 5 nitrogen and oxygen atoms in total. The van der Waals surface area contributed by atoms with Crippen LogP contribution in [0.4, 0.5) is 5.69 Å². The van der Waals surface area contributed by atoms with E-state index in [4.69, 9.17) is 17.0 Å². The minimum Gasteiger partial charge on any atom is -0.497 e. The number of aryl methyl sites for hydroxylation is 1. The molecule has 0 amide bonds. The SMILES string of the molecule is COc1ccc(N2C(=S)N[C@@H](c3ccccn3)[C@H]2c2cc(C)n(Cc3ccccc3)c2C)cc1. The number of methoxy groups -OCH3 is 1. The number of hydrogen-bond acceptors (Lipinski definition) is 3.